The molecule has 1 N–H and O–H groups in total. The highest BCUT2D eigenvalue weighted by molar-refractivity contribution is 6.30. The molecule has 28 heavy (non-hydrogen) atoms. The molecule has 0 radical (unpaired) electrons. The number of rotatable bonds is 4. The van der Waals surface area contributed by atoms with E-state index in [0.29, 0.717) is 27.2 Å². The van der Waals surface area contributed by atoms with E-state index in [9.17, 15) is 9.59 Å². The predicted molar refractivity (Wildman–Crippen MR) is 110 cm³/mol. The number of anilines is 1. The van der Waals surface area contributed by atoms with E-state index in [2.05, 4.69) is 10.3 Å². The highest BCUT2D eigenvalue weighted by Gasteiger charge is 2.09. The van der Waals surface area contributed by atoms with Crippen LogP contribution in [0.3, 0.4) is 0 Å². The van der Waals surface area contributed by atoms with Crippen LogP contribution in [-0.2, 0) is 11.2 Å². The Bertz CT molecular complexity index is 1200. The van der Waals surface area contributed by atoms with Gasteiger partial charge in [0.15, 0.2) is 0 Å². The third-order valence-corrected chi connectivity index (χ3v) is 4.48. The first-order valence-corrected chi connectivity index (χ1v) is 9.01. The first-order valence-electron chi connectivity index (χ1n) is 8.63. The normalized spacial score (nSPS) is 10.8. The number of amides is 1. The van der Waals surface area contributed by atoms with Crippen molar-refractivity contribution in [1.29, 1.82) is 0 Å². The van der Waals surface area contributed by atoms with Gasteiger partial charge in [-0.3, -0.25) is 4.79 Å². The van der Waals surface area contributed by atoms with E-state index in [0.717, 1.165) is 5.56 Å². The van der Waals surface area contributed by atoms with Gasteiger partial charge < -0.3 is 9.73 Å². The monoisotopic (exact) mass is 390 g/mol. The Morgan fingerprint density at radius 3 is 2.43 bits per heavy atom. The zero-order valence-electron chi connectivity index (χ0n) is 14.7. The van der Waals surface area contributed by atoms with Gasteiger partial charge in [0.05, 0.1) is 17.3 Å². The molecule has 4 rings (SSSR count). The summed E-state index contributed by atoms with van der Waals surface area (Å²) in [5.41, 5.74) is 2.32. The summed E-state index contributed by atoms with van der Waals surface area (Å²) < 4.78 is 5.32. The van der Waals surface area contributed by atoms with Gasteiger partial charge in [0.2, 0.25) is 11.8 Å². The van der Waals surface area contributed by atoms with Crippen LogP contribution in [0, 0.1) is 0 Å². The van der Waals surface area contributed by atoms with Gasteiger partial charge in [-0.2, -0.15) is 0 Å². The van der Waals surface area contributed by atoms with Gasteiger partial charge >= 0.3 is 5.63 Å². The van der Waals surface area contributed by atoms with Crippen molar-refractivity contribution in [2.24, 2.45) is 0 Å². The number of fused-ring (bicyclic) bond motifs is 1. The summed E-state index contributed by atoms with van der Waals surface area (Å²) in [4.78, 5) is 28.7. The summed E-state index contributed by atoms with van der Waals surface area (Å²) in [5.74, 6) is 0.105. The highest BCUT2D eigenvalue weighted by Crippen LogP contribution is 2.21. The molecule has 138 valence electrons. The van der Waals surface area contributed by atoms with Crippen molar-refractivity contribution in [3.63, 3.8) is 0 Å². The molecule has 0 bridgehead atoms. The average Bonchev–Trinajstić information content (AvgIpc) is 2.70. The first kappa shape index (κ1) is 17.9. The minimum atomic E-state index is -0.430. The number of para-hydroxylation sites is 1. The van der Waals surface area contributed by atoms with Crippen LogP contribution in [0.15, 0.2) is 82.0 Å². The fourth-order valence-electron chi connectivity index (χ4n) is 2.83. The molecule has 0 saturated heterocycles. The van der Waals surface area contributed by atoms with E-state index >= 15 is 0 Å². The summed E-state index contributed by atoms with van der Waals surface area (Å²) in [6, 6.07) is 21.1. The van der Waals surface area contributed by atoms with Crippen LogP contribution in [0.2, 0.25) is 5.02 Å². The predicted octanol–water partition coefficient (Wildman–Crippen LogP) is 4.69. The van der Waals surface area contributed by atoms with Gasteiger partial charge in [-0.25, -0.2) is 9.78 Å². The fourth-order valence-corrected chi connectivity index (χ4v) is 2.96. The van der Waals surface area contributed by atoms with E-state index in [1.54, 1.807) is 54.6 Å². The van der Waals surface area contributed by atoms with Crippen molar-refractivity contribution >= 4 is 34.1 Å². The Morgan fingerprint density at radius 1 is 0.964 bits per heavy atom. The number of carbonyl (C=O) groups is 1. The Hall–Kier alpha value is -3.44. The molecule has 0 atom stereocenters. The molecule has 0 saturated carbocycles. The van der Waals surface area contributed by atoms with Crippen LogP contribution in [0.4, 0.5) is 5.69 Å². The van der Waals surface area contributed by atoms with Crippen LogP contribution < -0.4 is 10.9 Å². The molecule has 0 spiro atoms. The minimum absolute atomic E-state index is 0.134. The van der Waals surface area contributed by atoms with Gasteiger partial charge in [-0.15, -0.1) is 0 Å². The second kappa shape index (κ2) is 7.66. The van der Waals surface area contributed by atoms with E-state index in [4.69, 9.17) is 16.0 Å². The van der Waals surface area contributed by atoms with Crippen LogP contribution >= 0.6 is 11.6 Å². The minimum Gasteiger partial charge on any atom is -0.403 e. The lowest BCUT2D eigenvalue weighted by Gasteiger charge is -2.07. The largest absolute Gasteiger partial charge is 0.403 e. The van der Waals surface area contributed by atoms with Crippen molar-refractivity contribution in [3.05, 3.63) is 93.8 Å². The van der Waals surface area contributed by atoms with Crippen LogP contribution in [0.1, 0.15) is 5.56 Å². The van der Waals surface area contributed by atoms with E-state index in [1.165, 1.54) is 0 Å². The lowest BCUT2D eigenvalue weighted by atomic mass is 10.1. The molecule has 6 heteroatoms. The standard InChI is InChI=1S/C22H15ClN2O3/c23-16-9-5-14(6-10-16)13-20(26)24-17-11-7-15(8-12-17)21-25-19-4-2-1-3-18(19)22(27)28-21/h1-12H,13H2,(H,24,26). The summed E-state index contributed by atoms with van der Waals surface area (Å²) in [6.45, 7) is 0. The molecule has 0 aliphatic rings. The molecule has 5 nitrogen and oxygen atoms in total. The van der Waals surface area contributed by atoms with Crippen molar-refractivity contribution in [2.75, 3.05) is 5.32 Å². The molecule has 3 aromatic carbocycles. The maximum Gasteiger partial charge on any atom is 0.347 e. The quantitative estimate of drug-likeness (QED) is 0.548. The molecule has 1 aromatic heterocycles. The number of halogens is 1. The molecule has 0 unspecified atom stereocenters. The third-order valence-electron chi connectivity index (χ3n) is 4.23. The number of hydrogen-bond acceptors (Lipinski definition) is 4. The summed E-state index contributed by atoms with van der Waals surface area (Å²) in [5, 5.41) is 3.92. The Kier molecular flexibility index (Phi) is 4.91. The van der Waals surface area contributed by atoms with Gasteiger partial charge in [-0.05, 0) is 54.1 Å². The number of carbonyl (C=O) groups excluding carboxylic acids is 1. The maximum absolute atomic E-state index is 12.2. The zero-order valence-corrected chi connectivity index (χ0v) is 15.4. The number of benzene rings is 3. The molecule has 4 aromatic rings. The number of nitrogens with one attached hydrogen (secondary N) is 1. The molecule has 0 aliphatic heterocycles. The van der Waals surface area contributed by atoms with Gasteiger partial charge in [0.1, 0.15) is 0 Å². The van der Waals surface area contributed by atoms with Gasteiger partial charge in [-0.1, -0.05) is 35.9 Å². The van der Waals surface area contributed by atoms with Crippen molar-refractivity contribution in [2.45, 2.75) is 6.42 Å². The molecular weight excluding hydrogens is 376 g/mol. The molecular formula is C22H15ClN2O3. The summed E-state index contributed by atoms with van der Waals surface area (Å²) >= 11 is 5.85. The Balaban J connectivity index is 1.50. The van der Waals surface area contributed by atoms with Crippen molar-refractivity contribution in [1.82, 2.24) is 4.98 Å². The lowest BCUT2D eigenvalue weighted by Crippen LogP contribution is -2.14. The number of hydrogen-bond donors (Lipinski definition) is 1. The average molecular weight is 391 g/mol. The molecule has 1 amide bonds. The summed E-state index contributed by atoms with van der Waals surface area (Å²) in [6.07, 6.45) is 0.250. The second-order valence-corrected chi connectivity index (χ2v) is 6.69. The SMILES string of the molecule is O=C(Cc1ccc(Cl)cc1)Nc1ccc(-c2nc3ccccc3c(=O)o2)cc1. The lowest BCUT2D eigenvalue weighted by molar-refractivity contribution is -0.115. The fraction of sp³-hybridized carbons (Fsp3) is 0.0455. The maximum atomic E-state index is 12.2. The Morgan fingerprint density at radius 2 is 1.68 bits per heavy atom. The smallest absolute Gasteiger partial charge is 0.347 e. The molecule has 0 fully saturated rings. The van der Waals surface area contributed by atoms with Gasteiger partial charge in [0.25, 0.3) is 0 Å². The highest BCUT2D eigenvalue weighted by atomic mass is 35.5. The van der Waals surface area contributed by atoms with E-state index < -0.39 is 5.63 Å². The topological polar surface area (TPSA) is 72.2 Å². The Labute approximate surface area is 165 Å². The first-order chi connectivity index (χ1) is 13.6. The van der Waals surface area contributed by atoms with E-state index in [1.807, 2.05) is 18.2 Å². The molecule has 0 aliphatic carbocycles. The second-order valence-electron chi connectivity index (χ2n) is 6.25. The van der Waals surface area contributed by atoms with Gasteiger partial charge in [0, 0.05) is 16.3 Å². The van der Waals surface area contributed by atoms with Crippen LogP contribution in [0.25, 0.3) is 22.4 Å². The molecule has 1 heterocycles. The number of aromatic nitrogens is 1. The van der Waals surface area contributed by atoms with Crippen molar-refractivity contribution < 1.29 is 9.21 Å². The number of nitrogens with zero attached hydrogens (tertiary/aromatic N) is 1. The van der Waals surface area contributed by atoms with Crippen molar-refractivity contribution in [3.8, 4) is 11.5 Å². The third kappa shape index (κ3) is 3.94. The summed E-state index contributed by atoms with van der Waals surface area (Å²) in [7, 11) is 0. The van der Waals surface area contributed by atoms with E-state index in [-0.39, 0.29) is 18.2 Å². The zero-order chi connectivity index (χ0) is 19.5. The van der Waals surface area contributed by atoms with Crippen LogP contribution in [0.5, 0.6) is 0 Å². The van der Waals surface area contributed by atoms with Crippen LogP contribution in [-0.4, -0.2) is 10.9 Å².